The molecule has 0 N–H and O–H groups in total. The molecular formula is C17H22S2Si. The van der Waals surface area contributed by atoms with E-state index in [9.17, 15) is 0 Å². The maximum absolute atomic E-state index is 3.89. The molecule has 20 heavy (non-hydrogen) atoms. The maximum atomic E-state index is 3.89. The van der Waals surface area contributed by atoms with Crippen LogP contribution in [0.2, 0.25) is 12.6 Å². The van der Waals surface area contributed by atoms with Crippen molar-refractivity contribution in [2.75, 3.05) is 0 Å². The fourth-order valence-electron chi connectivity index (χ4n) is 2.42. The van der Waals surface area contributed by atoms with Gasteiger partial charge in [-0.05, 0) is 27.2 Å². The molecule has 0 fully saturated rings. The van der Waals surface area contributed by atoms with Gasteiger partial charge in [-0.15, -0.1) is 22.7 Å². The molecule has 0 saturated heterocycles. The molecule has 106 valence electrons. The fourth-order valence-corrected chi connectivity index (χ4v) is 10.3. The summed E-state index contributed by atoms with van der Waals surface area (Å²) in [7, 11) is -1.57. The van der Waals surface area contributed by atoms with Crippen LogP contribution in [0.15, 0.2) is 37.4 Å². The SMILES string of the molecule is C=Cc1ccc([Si](C)(CCCC)c2ccc(C=C)s2)s1. The van der Waals surface area contributed by atoms with Gasteiger partial charge in [0.05, 0.1) is 0 Å². The second-order valence-corrected chi connectivity index (χ2v) is 12.4. The van der Waals surface area contributed by atoms with Crippen LogP contribution in [0.1, 0.15) is 29.5 Å². The van der Waals surface area contributed by atoms with Gasteiger partial charge in [0.1, 0.15) is 8.07 Å². The minimum atomic E-state index is -1.57. The van der Waals surface area contributed by atoms with Crippen molar-refractivity contribution in [3.63, 3.8) is 0 Å². The van der Waals surface area contributed by atoms with Crippen LogP contribution in [0.5, 0.6) is 0 Å². The van der Waals surface area contributed by atoms with E-state index in [-0.39, 0.29) is 0 Å². The third kappa shape index (κ3) is 3.05. The van der Waals surface area contributed by atoms with E-state index in [0.29, 0.717) is 0 Å². The quantitative estimate of drug-likeness (QED) is 0.624. The Morgan fingerprint density at radius 2 is 1.50 bits per heavy atom. The van der Waals surface area contributed by atoms with Gasteiger partial charge in [0.25, 0.3) is 0 Å². The summed E-state index contributed by atoms with van der Waals surface area (Å²) in [6, 6.07) is 10.4. The molecule has 0 unspecified atom stereocenters. The summed E-state index contributed by atoms with van der Waals surface area (Å²) in [6.45, 7) is 12.6. The molecule has 0 atom stereocenters. The molecule has 2 aromatic heterocycles. The molecular weight excluding hydrogens is 296 g/mol. The van der Waals surface area contributed by atoms with Crippen LogP contribution >= 0.6 is 22.7 Å². The normalized spacial score (nSPS) is 11.5. The topological polar surface area (TPSA) is 0 Å². The molecule has 0 amide bonds. The second kappa shape index (κ2) is 6.70. The predicted molar refractivity (Wildman–Crippen MR) is 99.4 cm³/mol. The van der Waals surface area contributed by atoms with Gasteiger partial charge in [-0.3, -0.25) is 0 Å². The molecule has 0 aliphatic heterocycles. The van der Waals surface area contributed by atoms with Gasteiger partial charge in [-0.2, -0.15) is 0 Å². The molecule has 0 radical (unpaired) electrons. The van der Waals surface area contributed by atoms with Crippen LogP contribution in [-0.4, -0.2) is 8.07 Å². The van der Waals surface area contributed by atoms with E-state index in [1.807, 2.05) is 34.8 Å². The van der Waals surface area contributed by atoms with Crippen LogP contribution in [0.3, 0.4) is 0 Å². The first kappa shape index (κ1) is 15.5. The highest BCUT2D eigenvalue weighted by Gasteiger charge is 2.34. The van der Waals surface area contributed by atoms with Crippen LogP contribution in [0.25, 0.3) is 12.2 Å². The number of rotatable bonds is 7. The molecule has 2 rings (SSSR count). The molecule has 0 aliphatic carbocycles. The van der Waals surface area contributed by atoms with Gasteiger partial charge in [-0.25, -0.2) is 0 Å². The Kier molecular flexibility index (Phi) is 5.19. The lowest BCUT2D eigenvalue weighted by Gasteiger charge is -2.25. The summed E-state index contributed by atoms with van der Waals surface area (Å²) >= 11 is 3.85. The minimum absolute atomic E-state index is 1.27. The van der Waals surface area contributed by atoms with Crippen molar-refractivity contribution in [2.24, 2.45) is 0 Å². The molecule has 0 nitrogen and oxygen atoms in total. The van der Waals surface area contributed by atoms with Gasteiger partial charge in [0, 0.05) is 9.75 Å². The second-order valence-electron chi connectivity index (χ2n) is 5.25. The molecule has 0 bridgehead atoms. The average Bonchev–Trinajstić information content (AvgIpc) is 3.13. The van der Waals surface area contributed by atoms with Crippen LogP contribution in [0.4, 0.5) is 0 Å². The van der Waals surface area contributed by atoms with Crippen LogP contribution < -0.4 is 9.00 Å². The largest absolute Gasteiger partial charge is 0.145 e. The van der Waals surface area contributed by atoms with Gasteiger partial charge in [0.15, 0.2) is 0 Å². The lowest BCUT2D eigenvalue weighted by atomic mass is 10.4. The fraction of sp³-hybridized carbons (Fsp3) is 0.294. The number of thiophene rings is 2. The zero-order valence-electron chi connectivity index (χ0n) is 12.3. The Hall–Kier alpha value is -0.903. The van der Waals surface area contributed by atoms with Gasteiger partial charge in [0.2, 0.25) is 0 Å². The smallest absolute Gasteiger partial charge is 0.140 e. The molecule has 2 heterocycles. The monoisotopic (exact) mass is 318 g/mol. The maximum Gasteiger partial charge on any atom is 0.140 e. The summed E-state index contributed by atoms with van der Waals surface area (Å²) in [6.07, 6.45) is 6.51. The third-order valence-electron chi connectivity index (χ3n) is 3.77. The van der Waals surface area contributed by atoms with Crippen molar-refractivity contribution in [3.05, 3.63) is 47.2 Å². The van der Waals surface area contributed by atoms with Crippen molar-refractivity contribution in [3.8, 4) is 0 Å². The van der Waals surface area contributed by atoms with Crippen molar-refractivity contribution in [2.45, 2.75) is 32.4 Å². The number of hydrogen-bond donors (Lipinski definition) is 0. The van der Waals surface area contributed by atoms with Gasteiger partial charge in [-0.1, -0.05) is 63.8 Å². The molecule has 0 aliphatic rings. The van der Waals surface area contributed by atoms with Crippen LogP contribution in [0, 0.1) is 0 Å². The van der Waals surface area contributed by atoms with Gasteiger partial charge < -0.3 is 0 Å². The molecule has 0 aromatic carbocycles. The van der Waals surface area contributed by atoms with Crippen molar-refractivity contribution >= 4 is 51.9 Å². The first-order chi connectivity index (χ1) is 9.63. The van der Waals surface area contributed by atoms with Crippen molar-refractivity contribution < 1.29 is 0 Å². The minimum Gasteiger partial charge on any atom is -0.145 e. The summed E-state index contributed by atoms with van der Waals surface area (Å²) in [5, 5.41) is 0. The highest BCUT2D eigenvalue weighted by atomic mass is 32.1. The van der Waals surface area contributed by atoms with Gasteiger partial charge >= 0.3 is 0 Å². The first-order valence-electron chi connectivity index (χ1n) is 7.09. The third-order valence-corrected chi connectivity index (χ3v) is 12.7. The van der Waals surface area contributed by atoms with E-state index in [4.69, 9.17) is 0 Å². The molecule has 0 spiro atoms. The Bertz CT molecular complexity index is 545. The lowest BCUT2D eigenvalue weighted by Crippen LogP contribution is -2.52. The Labute approximate surface area is 131 Å². The zero-order valence-corrected chi connectivity index (χ0v) is 14.9. The van der Waals surface area contributed by atoms with E-state index < -0.39 is 8.07 Å². The highest BCUT2D eigenvalue weighted by molar-refractivity contribution is 7.37. The van der Waals surface area contributed by atoms with E-state index in [1.54, 1.807) is 9.00 Å². The first-order valence-corrected chi connectivity index (χ1v) is 11.4. The van der Waals surface area contributed by atoms with E-state index in [1.165, 1.54) is 28.6 Å². The summed E-state index contributed by atoms with van der Waals surface area (Å²) in [5.74, 6) is 0. The summed E-state index contributed by atoms with van der Waals surface area (Å²) < 4.78 is 3.16. The van der Waals surface area contributed by atoms with Crippen LogP contribution in [-0.2, 0) is 0 Å². The number of hydrogen-bond acceptors (Lipinski definition) is 2. The Morgan fingerprint density at radius 1 is 1.00 bits per heavy atom. The number of unbranched alkanes of at least 4 members (excludes halogenated alkanes) is 1. The lowest BCUT2D eigenvalue weighted by molar-refractivity contribution is 0.873. The summed E-state index contributed by atoms with van der Waals surface area (Å²) in [4.78, 5) is 2.58. The molecule has 2 aromatic rings. The highest BCUT2D eigenvalue weighted by Crippen LogP contribution is 2.23. The predicted octanol–water partition coefficient (Wildman–Crippen LogP) is 5.09. The molecule has 0 saturated carbocycles. The zero-order chi connectivity index (χ0) is 14.6. The van der Waals surface area contributed by atoms with Crippen molar-refractivity contribution in [1.29, 1.82) is 0 Å². The van der Waals surface area contributed by atoms with Crippen molar-refractivity contribution in [1.82, 2.24) is 0 Å². The summed E-state index contributed by atoms with van der Waals surface area (Å²) in [5.41, 5.74) is 0. The average molecular weight is 319 g/mol. The van der Waals surface area contributed by atoms with E-state index >= 15 is 0 Å². The van der Waals surface area contributed by atoms with E-state index in [2.05, 4.69) is 50.9 Å². The Balaban J connectivity index is 2.42. The Morgan fingerprint density at radius 3 is 1.85 bits per heavy atom. The molecule has 3 heteroatoms. The standard InChI is InChI=1S/C17H22S2Si/c1-5-8-13-20(4,16-11-9-14(6-2)18-16)17-12-10-15(7-3)19-17/h6-7,9-12H,2-3,5,8,13H2,1,4H3. The van der Waals surface area contributed by atoms with E-state index in [0.717, 1.165) is 0 Å².